The molecule has 0 spiro atoms. The Morgan fingerprint density at radius 1 is 0.415 bits per heavy atom. The van der Waals surface area contributed by atoms with Crippen molar-refractivity contribution in [2.75, 3.05) is 34.9 Å². The lowest BCUT2D eigenvalue weighted by Gasteiger charge is -2.32. The highest BCUT2D eigenvalue weighted by Crippen LogP contribution is 2.41. The molecule has 0 aliphatic carbocycles. The second-order valence-electron chi connectivity index (χ2n) is 36.6. The number of nitrogens with one attached hydrogen (secondary N) is 5. The Labute approximate surface area is 858 Å². The van der Waals surface area contributed by atoms with Crippen LogP contribution in [0.5, 0.6) is 0 Å². The van der Waals surface area contributed by atoms with Gasteiger partial charge in [0.05, 0.1) is 78.1 Å². The first kappa shape index (κ1) is 103. The number of nitrogens with zero attached hydrogens (tertiary/aromatic N) is 13. The van der Waals surface area contributed by atoms with Crippen LogP contribution in [0.25, 0.3) is 121 Å². The molecule has 1 saturated heterocycles. The first-order valence-corrected chi connectivity index (χ1v) is 55.6. The summed E-state index contributed by atoms with van der Waals surface area (Å²) in [6, 6.07) is 73.1. The average Bonchev–Trinajstić information content (AvgIpc) is 1.58. The van der Waals surface area contributed by atoms with E-state index in [0.29, 0.717) is 53.8 Å². The summed E-state index contributed by atoms with van der Waals surface area (Å²) in [5.74, 6) is 0.840. The Hall–Kier alpha value is -13.8. The van der Waals surface area contributed by atoms with E-state index in [1.807, 2.05) is 143 Å². The van der Waals surface area contributed by atoms with Crippen molar-refractivity contribution in [1.29, 1.82) is 0 Å². The molecule has 27 nitrogen and oxygen atoms in total. The third-order valence-corrected chi connectivity index (χ3v) is 29.1. The van der Waals surface area contributed by atoms with Crippen LogP contribution in [0.3, 0.4) is 0 Å². The molecule has 0 atom stereocenters. The maximum absolute atomic E-state index is 12.9. The lowest BCUT2D eigenvalue weighted by atomic mass is 9.78. The molecular formula is C107H101BBr3Cl2N19O8Si2. The fourth-order valence-corrected chi connectivity index (χ4v) is 18.3. The third kappa shape index (κ3) is 25.0. The zero-order chi connectivity index (χ0) is 99.1. The van der Waals surface area contributed by atoms with E-state index in [1.165, 1.54) is 12.4 Å². The van der Waals surface area contributed by atoms with Gasteiger partial charge in [-0.1, -0.05) is 161 Å². The first-order valence-electron chi connectivity index (χ1n) is 45.4. The summed E-state index contributed by atoms with van der Waals surface area (Å²) in [6.07, 6.45) is 23.7. The Morgan fingerprint density at radius 3 is 1.22 bits per heavy atom. The molecule has 12 heterocycles. The van der Waals surface area contributed by atoms with Gasteiger partial charge in [0, 0.05) is 195 Å². The number of benzene rings is 9. The van der Waals surface area contributed by atoms with Gasteiger partial charge in [-0.05, 0) is 219 Å². The number of pyridine rings is 7. The number of nitrogen functional groups attached to an aromatic ring is 1. The summed E-state index contributed by atoms with van der Waals surface area (Å²) in [7, 11) is -2.82. The average molecular weight is 2160 g/mol. The molecule has 0 saturated carbocycles. The van der Waals surface area contributed by atoms with Gasteiger partial charge >= 0.3 is 7.12 Å². The molecule has 718 valence electrons. The number of halogens is 5. The van der Waals surface area contributed by atoms with Crippen LogP contribution in [0.15, 0.2) is 325 Å². The van der Waals surface area contributed by atoms with Crippen LogP contribution in [0.4, 0.5) is 22.7 Å². The molecule has 20 aromatic rings. The van der Waals surface area contributed by atoms with Crippen molar-refractivity contribution < 1.29 is 38.0 Å². The second-order valence-corrected chi connectivity index (χ2v) is 50.8. The van der Waals surface area contributed by atoms with Crippen LogP contribution < -0.4 is 27.1 Å². The predicted octanol–water partition coefficient (Wildman–Crippen LogP) is 25.3. The molecule has 7 N–H and O–H groups in total. The summed E-state index contributed by atoms with van der Waals surface area (Å²) in [6.45, 7) is 24.6. The van der Waals surface area contributed by atoms with Gasteiger partial charge in [-0.25, -0.2) is 19.3 Å². The fraction of sp³-hybridized carbons (Fsp3) is 0.168. The van der Waals surface area contributed by atoms with Crippen molar-refractivity contribution in [3.8, 4) is 34.2 Å². The molecule has 3 amide bonds. The van der Waals surface area contributed by atoms with Gasteiger partial charge in [-0.3, -0.25) is 54.1 Å². The minimum Gasteiger partial charge on any atom is -0.399 e. The minimum atomic E-state index is -1.22. The lowest BCUT2D eigenvalue weighted by Crippen LogP contribution is -2.41. The van der Waals surface area contributed by atoms with E-state index in [9.17, 15) is 19.2 Å². The standard InChI is InChI=1S/C35H33N7O2Si.C26H35BN4O3Si.2C15H10BrN3O.C9H7BrN2.C7H5ClO.ClH/c1-45(2,3)17-16-44-22-42-32-14-13-23(18-26(32)33(41-42)34-38-30-10-4-5-11-31(30)39-34)27-20-37-21-28-25(27)9-6-12-29(28)40-35(43)24-8-7-15-36-19-24;1-25(2)26(3,4)34-27(33-25)18-12-13-22-19(16-18)23(24-28-20-10-8-9-11-21(20)29-24)30-31(22)17-32-14-15-35(5,6)7;2*16-13-9-18-8-12-11(13)4-1-5-14(12)19-15(20)10-3-2-6-17-7-10;10-8-5-12-4-7-6(8)2-1-3-9(7)11;8-7(9)6-4-2-1-3-5-6;/h4-15,18-21H,16-17,22H2,1-3H3,(H,38,39)(H,40,43);8-13,16H,14-15,17H2,1-7H3,(H,28,29);2*1-9H,(H,19,20);1-5H,11H2;1-5H;1H. The van der Waals surface area contributed by atoms with Gasteiger partial charge in [-0.15, -0.1) is 12.4 Å². The molecule has 0 unspecified atom stereocenters. The molecule has 142 heavy (non-hydrogen) atoms. The molecule has 1 aliphatic heterocycles. The number of anilines is 4. The van der Waals surface area contributed by atoms with Gasteiger partial charge in [0.2, 0.25) is 0 Å². The van der Waals surface area contributed by atoms with Crippen LogP contribution >= 0.6 is 71.8 Å². The summed E-state index contributed by atoms with van der Waals surface area (Å²) in [4.78, 5) is 93.1. The van der Waals surface area contributed by atoms with Gasteiger partial charge in [0.15, 0.2) is 11.6 Å². The smallest absolute Gasteiger partial charge is 0.399 e. The number of para-hydroxylation sites is 4. The highest BCUT2D eigenvalue weighted by molar-refractivity contribution is 9.11. The third-order valence-electron chi connectivity index (χ3n) is 23.6. The Morgan fingerprint density at radius 2 is 0.803 bits per heavy atom. The number of imidazole rings is 2. The second kappa shape index (κ2) is 45.8. The number of carbonyl (C=O) groups is 4. The Bertz CT molecular complexity index is 7670. The minimum absolute atomic E-state index is 0. The van der Waals surface area contributed by atoms with Crippen molar-refractivity contribution in [2.24, 2.45) is 0 Å². The highest BCUT2D eigenvalue weighted by Gasteiger charge is 2.52. The van der Waals surface area contributed by atoms with Crippen molar-refractivity contribution in [3.05, 3.63) is 347 Å². The number of hydrogen-bond donors (Lipinski definition) is 6. The number of H-pyrrole nitrogens is 2. The number of rotatable bonds is 21. The van der Waals surface area contributed by atoms with E-state index in [2.05, 4.69) is 212 Å². The maximum atomic E-state index is 12.9. The van der Waals surface area contributed by atoms with Crippen LogP contribution in [-0.2, 0) is 32.2 Å². The van der Waals surface area contributed by atoms with Gasteiger partial charge in [0.1, 0.15) is 24.8 Å². The number of aromatic nitrogens is 15. The van der Waals surface area contributed by atoms with Gasteiger partial charge in [0.25, 0.3) is 23.0 Å². The number of aromatic amines is 2. The molecule has 35 heteroatoms. The maximum Gasteiger partial charge on any atom is 0.494 e. The Kier molecular flexibility index (Phi) is 33.1. The summed E-state index contributed by atoms with van der Waals surface area (Å²) in [5, 5.41) is 28.0. The first-order chi connectivity index (χ1) is 67.9. The molecule has 11 aromatic heterocycles. The van der Waals surface area contributed by atoms with Crippen molar-refractivity contribution in [3.63, 3.8) is 0 Å². The molecule has 0 bridgehead atoms. The number of amides is 3. The highest BCUT2D eigenvalue weighted by atomic mass is 79.9. The summed E-state index contributed by atoms with van der Waals surface area (Å²) in [5.41, 5.74) is 20.1. The zero-order valence-electron chi connectivity index (χ0n) is 79.3. The number of ether oxygens (including phenoxy) is 2. The number of hydrogen-bond acceptors (Lipinski definition) is 20. The number of fused-ring (bicyclic) bond motifs is 8. The monoisotopic (exact) mass is 2150 g/mol. The van der Waals surface area contributed by atoms with Gasteiger partial charge < -0.3 is 50.4 Å². The molecule has 0 radical (unpaired) electrons. The van der Waals surface area contributed by atoms with E-state index in [0.717, 1.165) is 170 Å². The predicted molar refractivity (Wildman–Crippen MR) is 587 cm³/mol. The van der Waals surface area contributed by atoms with E-state index in [4.69, 9.17) is 56.3 Å². The van der Waals surface area contributed by atoms with Crippen LogP contribution in [0.1, 0.15) is 69.1 Å². The summed E-state index contributed by atoms with van der Waals surface area (Å²) >= 11 is 15.5. The van der Waals surface area contributed by atoms with Crippen molar-refractivity contribution in [2.45, 2.75) is 104 Å². The van der Waals surface area contributed by atoms with Gasteiger partial charge in [-0.2, -0.15) is 10.2 Å². The molecule has 1 fully saturated rings. The van der Waals surface area contributed by atoms with E-state index in [1.54, 1.807) is 129 Å². The zero-order valence-corrected chi connectivity index (χ0v) is 87.7. The van der Waals surface area contributed by atoms with Crippen LogP contribution in [-0.4, -0.2) is 145 Å². The molecule has 21 rings (SSSR count). The Balaban J connectivity index is 0.000000138. The van der Waals surface area contributed by atoms with E-state index in [-0.39, 0.29) is 30.1 Å². The fourth-order valence-electron chi connectivity index (χ4n) is 15.3. The van der Waals surface area contributed by atoms with Crippen LogP contribution in [0.2, 0.25) is 51.4 Å². The topological polar surface area (TPSA) is 351 Å². The lowest BCUT2D eigenvalue weighted by molar-refractivity contribution is 0.00578. The largest absolute Gasteiger partial charge is 0.494 e. The molecule has 1 aliphatic rings. The SMILES string of the molecule is CC1(C)OB(c2ccc3c(c2)c(-c2nc4ccccc4[nH]2)nn3COCC[Si](C)(C)C)OC1(C)C.C[Si](C)(C)CCOCn1nc(-c2nc3ccccc3[nH]2)c2cc(-c3cncc4c(NC(=O)c5cccnc5)cccc34)ccc21.Cl.Nc1cccc2c(Br)cncc12.O=C(Cl)c1ccccc1.O=C(Nc1cccc2c(Br)cncc12)c1cccnc1.O=C(Nc1cccc2c(Br)cncc12)c1cccnc1. The summed E-state index contributed by atoms with van der Waals surface area (Å²) < 4.78 is 31.4. The van der Waals surface area contributed by atoms with Crippen molar-refractivity contribution >= 4 is 233 Å². The van der Waals surface area contributed by atoms with E-state index >= 15 is 0 Å². The number of carbonyl (C=O) groups excluding carboxylic acids is 4. The molecule has 9 aromatic carbocycles. The number of nitrogens with two attached hydrogens (primary N) is 1. The van der Waals surface area contributed by atoms with Crippen molar-refractivity contribution in [1.82, 2.24) is 74.4 Å². The molecular weight excluding hydrogens is 2060 g/mol. The van der Waals surface area contributed by atoms with Crippen LogP contribution in [0, 0.1) is 0 Å². The quantitative estimate of drug-likeness (QED) is 0.0168. The normalized spacial score (nSPS) is 12.5. The van der Waals surface area contributed by atoms with E-state index < -0.39 is 39.7 Å².